The minimum absolute atomic E-state index is 0.574. The van der Waals surface area contributed by atoms with Crippen LogP contribution in [0.5, 0.6) is 11.5 Å². The van der Waals surface area contributed by atoms with E-state index >= 15 is 0 Å². The summed E-state index contributed by atoms with van der Waals surface area (Å²) in [7, 11) is 0. The Morgan fingerprint density at radius 1 is 1.17 bits per heavy atom. The Bertz CT molecular complexity index is 574. The Labute approximate surface area is 119 Å². The first-order valence-corrected chi connectivity index (χ1v) is 6.87. The van der Waals surface area contributed by atoms with Crippen molar-refractivity contribution in [2.24, 2.45) is 0 Å². The van der Waals surface area contributed by atoms with Crippen molar-refractivity contribution in [3.8, 4) is 11.5 Å². The molecular formula is C13H13BrClNO2. The summed E-state index contributed by atoms with van der Waals surface area (Å²) in [6.45, 7) is 5.02. The smallest absolute Gasteiger partial charge is 0.163 e. The molecule has 0 aliphatic carbocycles. The zero-order valence-corrected chi connectivity index (χ0v) is 12.5. The molecule has 3 nitrogen and oxygen atoms in total. The topological polar surface area (TPSA) is 31.4 Å². The van der Waals surface area contributed by atoms with E-state index in [1.54, 1.807) is 6.20 Å². The first-order valence-electron chi connectivity index (χ1n) is 5.70. The number of benzene rings is 1. The van der Waals surface area contributed by atoms with E-state index in [4.69, 9.17) is 21.1 Å². The molecule has 0 fully saturated rings. The highest BCUT2D eigenvalue weighted by atomic mass is 79.9. The van der Waals surface area contributed by atoms with Gasteiger partial charge in [0.15, 0.2) is 11.5 Å². The molecule has 0 N–H and O–H groups in total. The van der Waals surface area contributed by atoms with E-state index < -0.39 is 0 Å². The molecule has 1 aromatic heterocycles. The van der Waals surface area contributed by atoms with Gasteiger partial charge in [0.2, 0.25) is 0 Å². The molecule has 1 aromatic carbocycles. The maximum absolute atomic E-state index is 6.24. The summed E-state index contributed by atoms with van der Waals surface area (Å²) in [4.78, 5) is 4.32. The van der Waals surface area contributed by atoms with Crippen LogP contribution >= 0.6 is 27.5 Å². The first kappa shape index (κ1) is 13.4. The average molecular weight is 331 g/mol. The summed E-state index contributed by atoms with van der Waals surface area (Å²) in [5, 5.41) is 1.47. The Balaban J connectivity index is 2.64. The predicted octanol–water partition coefficient (Wildman–Crippen LogP) is 4.45. The van der Waals surface area contributed by atoms with Crippen LogP contribution in [0.15, 0.2) is 22.8 Å². The molecule has 18 heavy (non-hydrogen) atoms. The predicted molar refractivity (Wildman–Crippen MR) is 76.8 cm³/mol. The van der Waals surface area contributed by atoms with E-state index in [0.717, 1.165) is 15.4 Å². The van der Waals surface area contributed by atoms with Gasteiger partial charge in [0.05, 0.1) is 28.2 Å². The fourth-order valence-corrected chi connectivity index (χ4v) is 2.20. The van der Waals surface area contributed by atoms with Crippen molar-refractivity contribution in [2.45, 2.75) is 13.8 Å². The van der Waals surface area contributed by atoms with Crippen LogP contribution in [0.1, 0.15) is 13.8 Å². The molecule has 0 radical (unpaired) electrons. The first-order chi connectivity index (χ1) is 8.67. The lowest BCUT2D eigenvalue weighted by Crippen LogP contribution is -1.99. The maximum atomic E-state index is 6.24. The number of nitrogens with zero attached hydrogens (tertiary/aromatic N) is 1. The third-order valence-corrected chi connectivity index (χ3v) is 3.66. The van der Waals surface area contributed by atoms with Crippen molar-refractivity contribution < 1.29 is 9.47 Å². The molecule has 2 aromatic rings. The van der Waals surface area contributed by atoms with Crippen LogP contribution < -0.4 is 9.47 Å². The molecular weight excluding hydrogens is 318 g/mol. The van der Waals surface area contributed by atoms with E-state index in [1.165, 1.54) is 0 Å². The molecule has 0 amide bonds. The van der Waals surface area contributed by atoms with Gasteiger partial charge in [0, 0.05) is 17.6 Å². The Morgan fingerprint density at radius 3 is 2.39 bits per heavy atom. The molecule has 0 bridgehead atoms. The van der Waals surface area contributed by atoms with E-state index in [9.17, 15) is 0 Å². The van der Waals surface area contributed by atoms with Crippen LogP contribution in [0.3, 0.4) is 0 Å². The van der Waals surface area contributed by atoms with Crippen LogP contribution in [-0.4, -0.2) is 18.2 Å². The lowest BCUT2D eigenvalue weighted by atomic mass is 10.2. The second-order valence-corrected chi connectivity index (χ2v) is 4.83. The number of rotatable bonds is 4. The summed E-state index contributed by atoms with van der Waals surface area (Å²) < 4.78 is 11.9. The Kier molecular flexibility index (Phi) is 4.30. The van der Waals surface area contributed by atoms with E-state index in [0.29, 0.717) is 29.7 Å². The van der Waals surface area contributed by atoms with Gasteiger partial charge < -0.3 is 9.47 Å². The average Bonchev–Trinajstić information content (AvgIpc) is 2.36. The highest BCUT2D eigenvalue weighted by Crippen LogP contribution is 2.37. The van der Waals surface area contributed by atoms with Crippen LogP contribution in [0.2, 0.25) is 5.02 Å². The molecule has 0 spiro atoms. The number of pyridine rings is 1. The van der Waals surface area contributed by atoms with Gasteiger partial charge in [-0.25, -0.2) is 0 Å². The Morgan fingerprint density at radius 2 is 1.78 bits per heavy atom. The quantitative estimate of drug-likeness (QED) is 0.830. The zero-order chi connectivity index (χ0) is 13.1. The van der Waals surface area contributed by atoms with Gasteiger partial charge in [-0.2, -0.15) is 0 Å². The molecule has 0 aliphatic rings. The summed E-state index contributed by atoms with van der Waals surface area (Å²) in [5.74, 6) is 1.38. The fraction of sp³-hybridized carbons (Fsp3) is 0.308. The third kappa shape index (κ3) is 2.54. The number of hydrogen-bond donors (Lipinski definition) is 0. The lowest BCUT2D eigenvalue weighted by molar-refractivity contribution is 0.288. The van der Waals surface area contributed by atoms with Crippen molar-refractivity contribution in [2.75, 3.05) is 13.2 Å². The van der Waals surface area contributed by atoms with Gasteiger partial charge in [-0.3, -0.25) is 4.98 Å². The van der Waals surface area contributed by atoms with Crippen molar-refractivity contribution in [3.63, 3.8) is 0 Å². The van der Waals surface area contributed by atoms with Crippen molar-refractivity contribution in [1.29, 1.82) is 0 Å². The minimum Gasteiger partial charge on any atom is -0.490 e. The second kappa shape index (κ2) is 5.76. The SMILES string of the molecule is CCOc1cc2ncc(Br)c(Cl)c2cc1OCC. The van der Waals surface area contributed by atoms with Gasteiger partial charge in [0.25, 0.3) is 0 Å². The largest absolute Gasteiger partial charge is 0.490 e. The normalized spacial score (nSPS) is 10.7. The van der Waals surface area contributed by atoms with Gasteiger partial charge in [-0.15, -0.1) is 0 Å². The summed E-state index contributed by atoms with van der Waals surface area (Å²) in [5.41, 5.74) is 0.787. The molecule has 5 heteroatoms. The Hall–Kier alpha value is -1.00. The van der Waals surface area contributed by atoms with Crippen molar-refractivity contribution in [3.05, 3.63) is 27.8 Å². The molecule has 0 atom stereocenters. The summed E-state index contributed by atoms with van der Waals surface area (Å²) >= 11 is 9.61. The molecule has 96 valence electrons. The van der Waals surface area contributed by atoms with Gasteiger partial charge in [0.1, 0.15) is 0 Å². The minimum atomic E-state index is 0.574. The number of aromatic nitrogens is 1. The van der Waals surface area contributed by atoms with Gasteiger partial charge in [-0.05, 0) is 35.8 Å². The number of ether oxygens (including phenoxy) is 2. The molecule has 0 saturated carbocycles. The van der Waals surface area contributed by atoms with E-state index in [1.807, 2.05) is 26.0 Å². The lowest BCUT2D eigenvalue weighted by Gasteiger charge is -2.12. The van der Waals surface area contributed by atoms with Crippen LogP contribution in [0.25, 0.3) is 10.9 Å². The number of halogens is 2. The van der Waals surface area contributed by atoms with Crippen molar-refractivity contribution in [1.82, 2.24) is 4.98 Å². The highest BCUT2D eigenvalue weighted by Gasteiger charge is 2.11. The highest BCUT2D eigenvalue weighted by molar-refractivity contribution is 9.10. The molecule has 2 rings (SSSR count). The zero-order valence-electron chi connectivity index (χ0n) is 10.2. The monoisotopic (exact) mass is 329 g/mol. The summed E-state index contributed by atoms with van der Waals surface area (Å²) in [6.07, 6.45) is 1.68. The van der Waals surface area contributed by atoms with Crippen molar-refractivity contribution >= 4 is 38.4 Å². The van der Waals surface area contributed by atoms with Crippen LogP contribution in [0.4, 0.5) is 0 Å². The number of hydrogen-bond acceptors (Lipinski definition) is 3. The summed E-state index contributed by atoms with van der Waals surface area (Å²) in [6, 6.07) is 3.71. The molecule has 0 saturated heterocycles. The van der Waals surface area contributed by atoms with Crippen LogP contribution in [0, 0.1) is 0 Å². The second-order valence-electron chi connectivity index (χ2n) is 3.60. The molecule has 0 aliphatic heterocycles. The van der Waals surface area contributed by atoms with Gasteiger partial charge >= 0.3 is 0 Å². The fourth-order valence-electron chi connectivity index (χ4n) is 1.68. The maximum Gasteiger partial charge on any atom is 0.163 e. The third-order valence-electron chi connectivity index (χ3n) is 2.42. The van der Waals surface area contributed by atoms with E-state index in [-0.39, 0.29) is 0 Å². The molecule has 0 unspecified atom stereocenters. The number of fused-ring (bicyclic) bond motifs is 1. The van der Waals surface area contributed by atoms with E-state index in [2.05, 4.69) is 20.9 Å². The van der Waals surface area contributed by atoms with Crippen LogP contribution in [-0.2, 0) is 0 Å². The molecule has 1 heterocycles. The standard InChI is InChI=1S/C13H13BrClNO2/c1-3-17-11-5-8-10(6-12(11)18-4-2)16-7-9(14)13(8)15/h5-7H,3-4H2,1-2H3. The van der Waals surface area contributed by atoms with Gasteiger partial charge in [-0.1, -0.05) is 11.6 Å².